The Balaban J connectivity index is 3.11. The first-order valence-electron chi connectivity index (χ1n) is 6.43. The maximum atomic E-state index is 12.4. The van der Waals surface area contributed by atoms with Crippen molar-refractivity contribution in [3.8, 4) is 5.75 Å². The van der Waals surface area contributed by atoms with E-state index in [0.29, 0.717) is 11.7 Å². The van der Waals surface area contributed by atoms with Crippen LogP contribution in [0.15, 0.2) is 18.2 Å². The van der Waals surface area contributed by atoms with E-state index in [1.807, 2.05) is 19.1 Å². The van der Waals surface area contributed by atoms with Crippen LogP contribution < -0.4 is 4.52 Å². The van der Waals surface area contributed by atoms with Gasteiger partial charge >= 0.3 is 8.77 Å². The molecule has 1 rings (SSSR count). The van der Waals surface area contributed by atoms with Crippen LogP contribution in [-0.4, -0.2) is 0 Å². The fourth-order valence-corrected chi connectivity index (χ4v) is 2.19. The Bertz CT molecular complexity index is 382. The van der Waals surface area contributed by atoms with Crippen LogP contribution in [0.1, 0.15) is 63.5 Å². The van der Waals surface area contributed by atoms with Crippen molar-refractivity contribution in [2.75, 3.05) is 0 Å². The second-order valence-electron chi connectivity index (χ2n) is 4.71. The third kappa shape index (κ3) is 3.91. The molecular formula is C14H21F2OP. The van der Waals surface area contributed by atoms with Gasteiger partial charge in [0, 0.05) is 0 Å². The molecule has 2 atom stereocenters. The Morgan fingerprint density at radius 3 is 2.22 bits per heavy atom. The van der Waals surface area contributed by atoms with E-state index in [-0.39, 0.29) is 5.92 Å². The molecule has 0 fully saturated rings. The van der Waals surface area contributed by atoms with Gasteiger partial charge < -0.3 is 4.52 Å². The first kappa shape index (κ1) is 15.4. The van der Waals surface area contributed by atoms with Crippen LogP contribution in [-0.2, 0) is 0 Å². The number of rotatable bonds is 6. The zero-order chi connectivity index (χ0) is 13.7. The summed E-state index contributed by atoms with van der Waals surface area (Å²) < 4.78 is 29.5. The van der Waals surface area contributed by atoms with E-state index in [1.165, 1.54) is 5.56 Å². The predicted octanol–water partition coefficient (Wildman–Crippen LogP) is 6.26. The van der Waals surface area contributed by atoms with Crippen LogP contribution in [0.2, 0.25) is 0 Å². The van der Waals surface area contributed by atoms with Crippen LogP contribution in [0.5, 0.6) is 5.75 Å². The summed E-state index contributed by atoms with van der Waals surface area (Å²) in [6.07, 6.45) is 1.95. The molecule has 0 aliphatic heterocycles. The van der Waals surface area contributed by atoms with Gasteiger partial charge in [0.15, 0.2) is 0 Å². The van der Waals surface area contributed by atoms with Crippen molar-refractivity contribution in [1.29, 1.82) is 0 Å². The number of benzene rings is 1. The molecule has 0 aliphatic carbocycles. The third-order valence-electron chi connectivity index (χ3n) is 3.53. The van der Waals surface area contributed by atoms with Crippen LogP contribution >= 0.6 is 8.77 Å². The molecule has 0 heterocycles. The fraction of sp³-hybridized carbons (Fsp3) is 0.571. The molecular weight excluding hydrogens is 253 g/mol. The SMILES string of the molecule is CCC(C)c1ccc(OP(F)F)c(C(C)CC)c1. The van der Waals surface area contributed by atoms with Gasteiger partial charge in [0.2, 0.25) is 0 Å². The molecule has 4 heteroatoms. The van der Waals surface area contributed by atoms with Crippen molar-refractivity contribution in [1.82, 2.24) is 0 Å². The largest absolute Gasteiger partial charge is 0.481 e. The average Bonchev–Trinajstić information content (AvgIpc) is 2.36. The zero-order valence-electron chi connectivity index (χ0n) is 11.4. The van der Waals surface area contributed by atoms with Crippen molar-refractivity contribution < 1.29 is 12.9 Å². The highest BCUT2D eigenvalue weighted by Crippen LogP contribution is 2.44. The maximum Gasteiger partial charge on any atom is 0.481 e. The number of hydrogen-bond donors (Lipinski definition) is 0. The van der Waals surface area contributed by atoms with Gasteiger partial charge in [-0.25, -0.2) is 0 Å². The minimum absolute atomic E-state index is 0.235. The minimum atomic E-state index is -3.35. The Morgan fingerprint density at radius 1 is 1.11 bits per heavy atom. The fourth-order valence-electron chi connectivity index (χ4n) is 1.87. The summed E-state index contributed by atoms with van der Waals surface area (Å²) in [6, 6.07) is 5.61. The molecule has 2 unspecified atom stereocenters. The summed E-state index contributed by atoms with van der Waals surface area (Å²) in [5.74, 6) is 1.02. The van der Waals surface area contributed by atoms with Gasteiger partial charge in [-0.15, -0.1) is 8.39 Å². The summed E-state index contributed by atoms with van der Waals surface area (Å²) in [6.45, 7) is 8.37. The summed E-state index contributed by atoms with van der Waals surface area (Å²) in [5.41, 5.74) is 2.10. The maximum absolute atomic E-state index is 12.4. The molecule has 102 valence electrons. The van der Waals surface area contributed by atoms with Crippen molar-refractivity contribution >= 4 is 8.77 Å². The van der Waals surface area contributed by atoms with Gasteiger partial charge in [-0.1, -0.05) is 39.8 Å². The Hall–Kier alpha value is -0.690. The molecule has 1 aromatic carbocycles. The Morgan fingerprint density at radius 2 is 1.72 bits per heavy atom. The zero-order valence-corrected chi connectivity index (χ0v) is 12.3. The monoisotopic (exact) mass is 274 g/mol. The molecule has 0 aliphatic rings. The van der Waals surface area contributed by atoms with Crippen molar-refractivity contribution in [3.63, 3.8) is 0 Å². The van der Waals surface area contributed by atoms with Crippen molar-refractivity contribution in [2.24, 2.45) is 0 Å². The molecule has 0 amide bonds. The van der Waals surface area contributed by atoms with E-state index in [2.05, 4.69) is 25.3 Å². The molecule has 0 saturated heterocycles. The lowest BCUT2D eigenvalue weighted by Crippen LogP contribution is -1.99. The third-order valence-corrected chi connectivity index (χ3v) is 3.86. The predicted molar refractivity (Wildman–Crippen MR) is 73.6 cm³/mol. The lowest BCUT2D eigenvalue weighted by molar-refractivity contribution is 0.496. The van der Waals surface area contributed by atoms with Crippen LogP contribution in [0.4, 0.5) is 8.39 Å². The first-order valence-corrected chi connectivity index (χ1v) is 7.47. The van der Waals surface area contributed by atoms with E-state index in [1.54, 1.807) is 6.07 Å². The van der Waals surface area contributed by atoms with E-state index in [9.17, 15) is 8.39 Å². The average molecular weight is 274 g/mol. The van der Waals surface area contributed by atoms with Gasteiger partial charge in [-0.3, -0.25) is 0 Å². The lowest BCUT2D eigenvalue weighted by Gasteiger charge is -2.18. The van der Waals surface area contributed by atoms with Crippen LogP contribution in [0.25, 0.3) is 0 Å². The van der Waals surface area contributed by atoms with E-state index in [4.69, 9.17) is 0 Å². The lowest BCUT2D eigenvalue weighted by atomic mass is 9.91. The molecule has 0 bridgehead atoms. The molecule has 1 aromatic rings. The highest BCUT2D eigenvalue weighted by Gasteiger charge is 2.17. The van der Waals surface area contributed by atoms with Gasteiger partial charge in [0.25, 0.3) is 0 Å². The molecule has 18 heavy (non-hydrogen) atoms. The first-order chi connectivity index (χ1) is 8.49. The highest BCUT2D eigenvalue weighted by molar-refractivity contribution is 7.41. The van der Waals surface area contributed by atoms with Gasteiger partial charge in [-0.2, -0.15) is 0 Å². The molecule has 0 saturated carbocycles. The van der Waals surface area contributed by atoms with E-state index < -0.39 is 8.77 Å². The smallest absolute Gasteiger partial charge is 0.420 e. The Labute approximate surface area is 110 Å². The molecule has 0 aromatic heterocycles. The summed E-state index contributed by atoms with van der Waals surface area (Å²) in [4.78, 5) is 0. The van der Waals surface area contributed by atoms with Crippen molar-refractivity contribution in [3.05, 3.63) is 29.3 Å². The number of hydrogen-bond acceptors (Lipinski definition) is 1. The summed E-state index contributed by atoms with van der Waals surface area (Å²) in [5, 5.41) is 0. The topological polar surface area (TPSA) is 9.23 Å². The quantitative estimate of drug-likeness (QED) is 0.556. The number of halogens is 2. The molecule has 0 N–H and O–H groups in total. The van der Waals surface area contributed by atoms with Gasteiger partial charge in [0.1, 0.15) is 5.75 Å². The molecule has 0 radical (unpaired) electrons. The minimum Gasteiger partial charge on any atom is -0.420 e. The van der Waals surface area contributed by atoms with Crippen LogP contribution in [0.3, 0.4) is 0 Å². The highest BCUT2D eigenvalue weighted by atomic mass is 31.2. The van der Waals surface area contributed by atoms with Gasteiger partial charge in [-0.05, 0) is 41.9 Å². The Kier molecular flexibility index (Phi) is 6.01. The summed E-state index contributed by atoms with van der Waals surface area (Å²) >= 11 is 0. The normalized spacial score (nSPS) is 14.6. The van der Waals surface area contributed by atoms with Crippen LogP contribution in [0, 0.1) is 0 Å². The second-order valence-corrected chi connectivity index (χ2v) is 5.30. The van der Waals surface area contributed by atoms with E-state index in [0.717, 1.165) is 18.4 Å². The van der Waals surface area contributed by atoms with E-state index >= 15 is 0 Å². The van der Waals surface area contributed by atoms with Gasteiger partial charge in [0.05, 0.1) is 0 Å². The standard InChI is InChI=1S/C14H21F2OP/c1-5-10(3)12-7-8-14(17-18(15)16)13(9-12)11(4)6-2/h7-11H,5-6H2,1-4H3. The molecule has 0 spiro atoms. The van der Waals surface area contributed by atoms with Crippen molar-refractivity contribution in [2.45, 2.75) is 52.4 Å². The summed E-state index contributed by atoms with van der Waals surface area (Å²) in [7, 11) is -3.35. The second kappa shape index (κ2) is 7.04. The molecule has 1 nitrogen and oxygen atoms in total.